The lowest BCUT2D eigenvalue weighted by molar-refractivity contribution is 0.0278. The maximum absolute atomic E-state index is 12.2. The highest BCUT2D eigenvalue weighted by Crippen LogP contribution is 2.40. The van der Waals surface area contributed by atoms with Crippen LogP contribution in [0.15, 0.2) is 28.3 Å². The number of benzene rings is 1. The molecule has 1 aliphatic carbocycles. The number of hydrogen-bond donors (Lipinski definition) is 1. The van der Waals surface area contributed by atoms with E-state index in [2.05, 4.69) is 15.9 Å². The van der Waals surface area contributed by atoms with E-state index >= 15 is 0 Å². The van der Waals surface area contributed by atoms with Crippen LogP contribution >= 0.6 is 15.9 Å². The minimum Gasteiger partial charge on any atom is -0.493 e. The van der Waals surface area contributed by atoms with E-state index in [1.54, 1.807) is 19.2 Å². The quantitative estimate of drug-likeness (QED) is 0.458. The number of methoxy groups -OCH3 is 1. The summed E-state index contributed by atoms with van der Waals surface area (Å²) in [5.74, 6) is 0.815. The van der Waals surface area contributed by atoms with Crippen LogP contribution in [0.2, 0.25) is 0 Å². The lowest BCUT2D eigenvalue weighted by Crippen LogP contribution is -2.39. The van der Waals surface area contributed by atoms with Crippen molar-refractivity contribution in [2.75, 3.05) is 20.7 Å². The minimum atomic E-state index is -0.715. The number of rotatable bonds is 7. The summed E-state index contributed by atoms with van der Waals surface area (Å²) in [6.07, 6.45) is 2.82. The summed E-state index contributed by atoms with van der Waals surface area (Å²) in [5.41, 5.74) is 0.741. The molecule has 166 valence electrons. The molecule has 0 spiro atoms. The summed E-state index contributed by atoms with van der Waals surface area (Å²) in [6, 6.07) is 3.28. The summed E-state index contributed by atoms with van der Waals surface area (Å²) in [6.45, 7) is 5.88. The van der Waals surface area contributed by atoms with Crippen molar-refractivity contribution in [3.8, 4) is 11.5 Å². The average Bonchev–Trinajstić information content (AvgIpc) is 2.67. The summed E-state index contributed by atoms with van der Waals surface area (Å²) >= 11 is 3.40. The van der Waals surface area contributed by atoms with Crippen LogP contribution in [0.1, 0.15) is 50.4 Å². The number of amides is 1. The van der Waals surface area contributed by atoms with Gasteiger partial charge in [0.1, 0.15) is 11.7 Å². The van der Waals surface area contributed by atoms with E-state index in [9.17, 15) is 14.7 Å². The highest BCUT2D eigenvalue weighted by Gasteiger charge is 2.31. The topological polar surface area (TPSA) is 85.3 Å². The minimum absolute atomic E-state index is 0.361. The van der Waals surface area contributed by atoms with Crippen LogP contribution in [0.4, 0.5) is 4.79 Å². The van der Waals surface area contributed by atoms with Gasteiger partial charge >= 0.3 is 6.09 Å². The van der Waals surface area contributed by atoms with Crippen molar-refractivity contribution in [3.63, 3.8) is 0 Å². The molecule has 2 atom stereocenters. The second-order valence-corrected chi connectivity index (χ2v) is 9.03. The Morgan fingerprint density at radius 1 is 1.37 bits per heavy atom. The number of allylic oxidation sites excluding steroid dienone is 1. The Balaban J connectivity index is 2.17. The summed E-state index contributed by atoms with van der Waals surface area (Å²) in [5, 5.41) is 10.6. The van der Waals surface area contributed by atoms with Gasteiger partial charge in [0.15, 0.2) is 17.8 Å². The first-order chi connectivity index (χ1) is 14.1. The van der Waals surface area contributed by atoms with Crippen molar-refractivity contribution in [1.82, 2.24) is 4.90 Å². The van der Waals surface area contributed by atoms with Gasteiger partial charge in [-0.15, -0.1) is 0 Å². The van der Waals surface area contributed by atoms with Crippen LogP contribution < -0.4 is 9.47 Å². The van der Waals surface area contributed by atoms with Crippen molar-refractivity contribution in [1.29, 1.82) is 0 Å². The maximum atomic E-state index is 12.2. The molecule has 0 unspecified atom stereocenters. The third-order valence-corrected chi connectivity index (χ3v) is 5.53. The van der Waals surface area contributed by atoms with E-state index in [1.165, 1.54) is 12.0 Å². The van der Waals surface area contributed by atoms with Gasteiger partial charge in [0.05, 0.1) is 17.7 Å². The van der Waals surface area contributed by atoms with E-state index in [-0.39, 0.29) is 0 Å². The molecule has 1 aromatic rings. The molecule has 0 saturated carbocycles. The molecule has 1 aromatic carbocycles. The van der Waals surface area contributed by atoms with Crippen LogP contribution in [0.5, 0.6) is 11.5 Å². The molecule has 8 heteroatoms. The van der Waals surface area contributed by atoms with Crippen molar-refractivity contribution in [3.05, 3.63) is 33.8 Å². The predicted molar refractivity (Wildman–Crippen MR) is 117 cm³/mol. The molecule has 0 saturated heterocycles. The fraction of sp³-hybridized carbons (Fsp3) is 0.545. The Labute approximate surface area is 186 Å². The fourth-order valence-corrected chi connectivity index (χ4v) is 3.64. The molecular formula is C22H30BrNO6. The normalized spacial score (nSPS) is 19.0. The molecule has 0 fully saturated rings. The Morgan fingerprint density at radius 3 is 2.67 bits per heavy atom. The van der Waals surface area contributed by atoms with E-state index in [1.807, 2.05) is 26.8 Å². The molecular weight excluding hydrogens is 454 g/mol. The Bertz CT molecular complexity index is 802. The second-order valence-electron chi connectivity index (χ2n) is 8.23. The van der Waals surface area contributed by atoms with Gasteiger partial charge in [0.2, 0.25) is 0 Å². The van der Waals surface area contributed by atoms with Crippen molar-refractivity contribution in [2.45, 2.75) is 57.8 Å². The first kappa shape index (κ1) is 24.2. The van der Waals surface area contributed by atoms with Crippen molar-refractivity contribution >= 4 is 28.3 Å². The van der Waals surface area contributed by atoms with Crippen LogP contribution in [0, 0.1) is 0 Å². The SMILES string of the molecule is COc1ccc(C=O)c(Br)c1O[C@@H]1C(CCN(C)C(=O)OC(C)(C)C)=CCC[C@H]1O. The number of aldehydes is 1. The fourth-order valence-electron chi connectivity index (χ4n) is 3.12. The van der Waals surface area contributed by atoms with Gasteiger partial charge in [-0.2, -0.15) is 0 Å². The monoisotopic (exact) mass is 483 g/mol. The van der Waals surface area contributed by atoms with Gasteiger partial charge in [-0.3, -0.25) is 4.79 Å². The zero-order chi connectivity index (χ0) is 22.5. The highest BCUT2D eigenvalue weighted by molar-refractivity contribution is 9.10. The Kier molecular flexibility index (Phi) is 8.32. The lowest BCUT2D eigenvalue weighted by Gasteiger charge is -2.32. The first-order valence-corrected chi connectivity index (χ1v) is 10.7. The van der Waals surface area contributed by atoms with Crippen LogP contribution in [0.25, 0.3) is 0 Å². The second kappa shape index (κ2) is 10.3. The van der Waals surface area contributed by atoms with Gasteiger partial charge in [0.25, 0.3) is 0 Å². The molecule has 1 N–H and O–H groups in total. The van der Waals surface area contributed by atoms with E-state index in [0.29, 0.717) is 40.9 Å². The summed E-state index contributed by atoms with van der Waals surface area (Å²) in [4.78, 5) is 25.0. The zero-order valence-corrected chi connectivity index (χ0v) is 19.7. The number of nitrogens with zero attached hydrogens (tertiary/aromatic N) is 1. The number of aliphatic hydroxyl groups is 1. The number of hydrogen-bond acceptors (Lipinski definition) is 6. The molecule has 0 aliphatic heterocycles. The molecule has 0 radical (unpaired) electrons. The molecule has 7 nitrogen and oxygen atoms in total. The number of aliphatic hydroxyl groups excluding tert-OH is 1. The average molecular weight is 484 g/mol. The molecule has 30 heavy (non-hydrogen) atoms. The third-order valence-electron chi connectivity index (χ3n) is 4.71. The summed E-state index contributed by atoms with van der Waals surface area (Å²) in [7, 11) is 3.19. The molecule has 0 aromatic heterocycles. The first-order valence-electron chi connectivity index (χ1n) is 9.86. The maximum Gasteiger partial charge on any atom is 0.410 e. The van der Waals surface area contributed by atoms with Gasteiger partial charge in [0, 0.05) is 19.2 Å². The number of carbonyl (C=O) groups excluding carboxylic acids is 2. The van der Waals surface area contributed by atoms with Gasteiger partial charge in [-0.1, -0.05) is 6.08 Å². The Morgan fingerprint density at radius 2 is 2.07 bits per heavy atom. The standard InChI is InChI=1S/C22H30BrNO6/c1-22(2,3)30-21(27)24(4)12-11-14-7-6-8-16(26)19(14)29-20-17(28-5)10-9-15(13-25)18(20)23/h7,9-10,13,16,19,26H,6,8,11-12H2,1-5H3/t16-,19-/m1/s1. The van der Waals surface area contributed by atoms with E-state index in [4.69, 9.17) is 14.2 Å². The van der Waals surface area contributed by atoms with Crippen molar-refractivity contribution in [2.24, 2.45) is 0 Å². The molecule has 0 bridgehead atoms. The molecule has 1 amide bonds. The zero-order valence-electron chi connectivity index (χ0n) is 18.1. The third kappa shape index (κ3) is 6.22. The van der Waals surface area contributed by atoms with Crippen LogP contribution in [-0.2, 0) is 4.74 Å². The number of ether oxygens (including phenoxy) is 3. The molecule has 1 aliphatic rings. The lowest BCUT2D eigenvalue weighted by atomic mass is 9.91. The van der Waals surface area contributed by atoms with Gasteiger partial charge < -0.3 is 24.2 Å². The number of halogens is 1. The van der Waals surface area contributed by atoms with E-state index < -0.39 is 23.9 Å². The smallest absolute Gasteiger partial charge is 0.410 e. The molecule has 0 heterocycles. The highest BCUT2D eigenvalue weighted by atomic mass is 79.9. The van der Waals surface area contributed by atoms with Crippen molar-refractivity contribution < 1.29 is 28.9 Å². The largest absolute Gasteiger partial charge is 0.493 e. The van der Waals surface area contributed by atoms with Crippen LogP contribution in [-0.4, -0.2) is 60.9 Å². The van der Waals surface area contributed by atoms with E-state index in [0.717, 1.165) is 18.3 Å². The van der Waals surface area contributed by atoms with Crippen LogP contribution in [0.3, 0.4) is 0 Å². The molecule has 2 rings (SSSR count). The summed E-state index contributed by atoms with van der Waals surface area (Å²) < 4.78 is 17.4. The van der Waals surface area contributed by atoms with Gasteiger partial charge in [-0.25, -0.2) is 4.79 Å². The number of carbonyl (C=O) groups is 2. The Hall–Kier alpha value is -2.06. The predicted octanol–water partition coefficient (Wildman–Crippen LogP) is 4.36. The van der Waals surface area contributed by atoms with Gasteiger partial charge in [-0.05, 0) is 73.7 Å².